The fourth-order valence-electron chi connectivity index (χ4n) is 8.48. The zero-order chi connectivity index (χ0) is 34.9. The predicted molar refractivity (Wildman–Crippen MR) is 224 cm³/mol. The molecule has 0 aliphatic carbocycles. The third-order valence-corrected chi connectivity index (χ3v) is 11.0. The second-order valence-electron chi connectivity index (χ2n) is 14.1. The fraction of sp³-hybridized carbons (Fsp3) is 0. The van der Waals surface area contributed by atoms with E-state index in [0.29, 0.717) is 0 Å². The topological polar surface area (TPSA) is 9.23 Å². The predicted octanol–water partition coefficient (Wildman–Crippen LogP) is 14.7. The molecular weight excluding hydrogens is 641 g/mol. The molecule has 0 amide bonds. The quantitative estimate of drug-likeness (QED) is 0.134. The second kappa shape index (κ2) is 11.8. The highest BCUT2D eigenvalue weighted by Gasteiger charge is 2.23. The van der Waals surface area contributed by atoms with Gasteiger partial charge in [0.05, 0.1) is 0 Å². The van der Waals surface area contributed by atoms with Gasteiger partial charge in [0.2, 0.25) is 0 Å². The maximum Gasteiger partial charge on any atom is 0.135 e. The van der Waals surface area contributed by atoms with Gasteiger partial charge in [-0.1, -0.05) is 140 Å². The number of hydrogen-bond acceptors (Lipinski definition) is 1. The monoisotopic (exact) mass is 672 g/mol. The highest BCUT2D eigenvalue weighted by atomic mass is 16.5. The van der Waals surface area contributed by atoms with Crippen molar-refractivity contribution in [2.24, 2.45) is 0 Å². The zero-order valence-corrected chi connectivity index (χ0v) is 28.9. The third kappa shape index (κ3) is 4.86. The van der Waals surface area contributed by atoms with Gasteiger partial charge in [-0.05, 0) is 142 Å². The van der Waals surface area contributed by atoms with E-state index in [4.69, 9.17) is 4.74 Å². The highest BCUT2D eigenvalue weighted by molar-refractivity contribution is 6.20. The lowest BCUT2D eigenvalue weighted by atomic mass is 9.85. The van der Waals surface area contributed by atoms with Crippen LogP contribution in [0.25, 0.3) is 98.7 Å². The molecule has 0 bridgehead atoms. The van der Waals surface area contributed by atoms with Crippen LogP contribution in [0.2, 0.25) is 0 Å². The van der Waals surface area contributed by atoms with Crippen LogP contribution in [0, 0.1) is 0 Å². The van der Waals surface area contributed by atoms with Crippen LogP contribution in [0.3, 0.4) is 0 Å². The molecule has 0 saturated heterocycles. The van der Waals surface area contributed by atoms with Crippen LogP contribution in [-0.2, 0) is 0 Å². The summed E-state index contributed by atoms with van der Waals surface area (Å²) in [5.41, 5.74) is 11.9. The van der Waals surface area contributed by atoms with Crippen LogP contribution in [0.1, 0.15) is 0 Å². The van der Waals surface area contributed by atoms with Gasteiger partial charge in [0.15, 0.2) is 0 Å². The Morgan fingerprint density at radius 3 is 1.70 bits per heavy atom. The molecule has 0 aromatic heterocycles. The summed E-state index contributed by atoms with van der Waals surface area (Å²) in [5, 5.41) is 9.88. The average molecular weight is 673 g/mol. The summed E-state index contributed by atoms with van der Waals surface area (Å²) < 4.78 is 6.55. The van der Waals surface area contributed by atoms with Crippen molar-refractivity contribution in [2.45, 2.75) is 0 Å². The first-order chi connectivity index (χ1) is 26.2. The van der Waals surface area contributed by atoms with E-state index in [-0.39, 0.29) is 0 Å². The molecule has 0 saturated carbocycles. The van der Waals surface area contributed by atoms with Gasteiger partial charge in [-0.15, -0.1) is 0 Å². The Morgan fingerprint density at radius 2 is 0.887 bits per heavy atom. The number of benzene rings is 10. The average Bonchev–Trinajstić information content (AvgIpc) is 3.23. The number of rotatable bonds is 4. The minimum Gasteiger partial charge on any atom is -0.456 e. The van der Waals surface area contributed by atoms with Crippen molar-refractivity contribution < 1.29 is 4.74 Å². The third-order valence-electron chi connectivity index (χ3n) is 11.0. The van der Waals surface area contributed by atoms with E-state index in [1.54, 1.807) is 0 Å². The smallest absolute Gasteiger partial charge is 0.135 e. The minimum absolute atomic E-state index is 0.884. The molecule has 0 spiro atoms. The van der Waals surface area contributed by atoms with Gasteiger partial charge in [0.1, 0.15) is 11.5 Å². The van der Waals surface area contributed by atoms with Crippen molar-refractivity contribution in [3.63, 3.8) is 0 Å². The normalized spacial score (nSPS) is 11.9. The first-order valence-electron chi connectivity index (χ1n) is 18.2. The molecular formula is C52H32O. The van der Waals surface area contributed by atoms with E-state index in [1.807, 2.05) is 0 Å². The van der Waals surface area contributed by atoms with Crippen molar-refractivity contribution in [2.75, 3.05) is 0 Å². The van der Waals surface area contributed by atoms with Crippen molar-refractivity contribution in [3.8, 4) is 67.1 Å². The standard InChI is InChI=1S/C52H32O/c1-3-12-33(13-4-1)36-23-25-49-47(30-36)48-32-41(26-38-18-11-21-50(53-49)52(38)48)40-27-39(34-14-5-2-6-15-34)28-42(29-40)51-44-20-10-8-17-37(44)31-46-43-19-9-7-16-35(43)22-24-45(46)51/h1-32H. The van der Waals surface area contributed by atoms with Crippen LogP contribution >= 0.6 is 0 Å². The van der Waals surface area contributed by atoms with Crippen LogP contribution < -0.4 is 4.74 Å². The lowest BCUT2D eigenvalue weighted by Crippen LogP contribution is -1.98. The Morgan fingerprint density at radius 1 is 0.264 bits per heavy atom. The van der Waals surface area contributed by atoms with E-state index in [0.717, 1.165) is 22.4 Å². The molecule has 0 unspecified atom stereocenters. The van der Waals surface area contributed by atoms with Gasteiger partial charge in [0, 0.05) is 10.9 Å². The van der Waals surface area contributed by atoms with Crippen molar-refractivity contribution in [3.05, 3.63) is 194 Å². The summed E-state index contributed by atoms with van der Waals surface area (Å²) in [4.78, 5) is 0. The molecule has 11 rings (SSSR count). The summed E-state index contributed by atoms with van der Waals surface area (Å²) in [7, 11) is 0. The highest BCUT2D eigenvalue weighted by Crippen LogP contribution is 2.50. The summed E-state index contributed by atoms with van der Waals surface area (Å²) in [6, 6.07) is 70.7. The van der Waals surface area contributed by atoms with Gasteiger partial charge < -0.3 is 4.74 Å². The van der Waals surface area contributed by atoms with Crippen molar-refractivity contribution >= 4 is 43.1 Å². The van der Waals surface area contributed by atoms with Crippen LogP contribution in [0.5, 0.6) is 11.5 Å². The van der Waals surface area contributed by atoms with Crippen LogP contribution in [0.4, 0.5) is 0 Å². The lowest BCUT2D eigenvalue weighted by molar-refractivity contribution is 0.487. The molecule has 1 aliphatic rings. The van der Waals surface area contributed by atoms with Gasteiger partial charge in [0.25, 0.3) is 0 Å². The SMILES string of the molecule is c1ccc(-c2cc(-c3cc4c5c(cccc5c3)Oc3ccc(-c5ccccc5)cc3-4)cc(-c3c4ccccc4cc4c3ccc3ccccc34)c2)cc1. The van der Waals surface area contributed by atoms with E-state index in [1.165, 1.54) is 87.8 Å². The first-order valence-corrected chi connectivity index (χ1v) is 18.2. The van der Waals surface area contributed by atoms with Crippen LogP contribution in [-0.4, -0.2) is 0 Å². The Bertz CT molecular complexity index is 3070. The molecule has 0 N–H and O–H groups in total. The molecule has 1 nitrogen and oxygen atoms in total. The molecule has 1 aliphatic heterocycles. The minimum atomic E-state index is 0.884. The molecule has 246 valence electrons. The van der Waals surface area contributed by atoms with E-state index >= 15 is 0 Å². The van der Waals surface area contributed by atoms with Gasteiger partial charge in [-0.2, -0.15) is 0 Å². The molecule has 10 aromatic carbocycles. The molecule has 1 heterocycles. The Labute approximate surface area is 308 Å². The Balaban J connectivity index is 1.19. The summed E-state index contributed by atoms with van der Waals surface area (Å²) >= 11 is 0. The van der Waals surface area contributed by atoms with Crippen molar-refractivity contribution in [1.82, 2.24) is 0 Å². The van der Waals surface area contributed by atoms with Gasteiger partial charge in [-0.3, -0.25) is 0 Å². The Kier molecular flexibility index (Phi) is 6.62. The number of ether oxygens (including phenoxy) is 1. The summed E-state index contributed by atoms with van der Waals surface area (Å²) in [5.74, 6) is 1.78. The molecule has 0 fully saturated rings. The molecule has 53 heavy (non-hydrogen) atoms. The first kappa shape index (κ1) is 29.7. The number of hydrogen-bond donors (Lipinski definition) is 0. The largest absolute Gasteiger partial charge is 0.456 e. The van der Waals surface area contributed by atoms with Crippen LogP contribution in [0.15, 0.2) is 194 Å². The van der Waals surface area contributed by atoms with Crippen molar-refractivity contribution in [1.29, 1.82) is 0 Å². The molecule has 1 heteroatoms. The number of fused-ring (bicyclic) bond motifs is 6. The van der Waals surface area contributed by atoms with E-state index in [9.17, 15) is 0 Å². The van der Waals surface area contributed by atoms with E-state index < -0.39 is 0 Å². The zero-order valence-electron chi connectivity index (χ0n) is 28.9. The molecule has 0 radical (unpaired) electrons. The fourth-order valence-corrected chi connectivity index (χ4v) is 8.48. The maximum atomic E-state index is 6.55. The lowest BCUT2D eigenvalue weighted by Gasteiger charge is -2.23. The maximum absolute atomic E-state index is 6.55. The Hall–Kier alpha value is -6.96. The molecule has 10 aromatic rings. The van der Waals surface area contributed by atoms with E-state index in [2.05, 4.69) is 194 Å². The summed E-state index contributed by atoms with van der Waals surface area (Å²) in [6.45, 7) is 0. The van der Waals surface area contributed by atoms with Gasteiger partial charge >= 0.3 is 0 Å². The van der Waals surface area contributed by atoms with Gasteiger partial charge in [-0.25, -0.2) is 0 Å². The second-order valence-corrected chi connectivity index (χ2v) is 14.1. The molecule has 0 atom stereocenters. The summed E-state index contributed by atoms with van der Waals surface area (Å²) in [6.07, 6.45) is 0.